The first-order valence-electron chi connectivity index (χ1n) is 8.72. The van der Waals surface area contributed by atoms with Crippen LogP contribution in [0.5, 0.6) is 0 Å². The molecule has 0 spiro atoms. The normalized spacial score (nSPS) is 12.8. The summed E-state index contributed by atoms with van der Waals surface area (Å²) in [6, 6.07) is 2.62. The Morgan fingerprint density at radius 2 is 1.84 bits per heavy atom. The summed E-state index contributed by atoms with van der Waals surface area (Å²) in [7, 11) is 0. The van der Waals surface area contributed by atoms with Crippen molar-refractivity contribution in [3.63, 3.8) is 0 Å². The van der Waals surface area contributed by atoms with Crippen LogP contribution < -0.4 is 0 Å². The third-order valence-electron chi connectivity index (χ3n) is 4.22. The van der Waals surface area contributed by atoms with Crippen LogP contribution in [0.25, 0.3) is 5.95 Å². The molecule has 2 aromatic heterocycles. The summed E-state index contributed by atoms with van der Waals surface area (Å²) < 4.78 is 67.0. The van der Waals surface area contributed by atoms with Crippen LogP contribution in [0.15, 0.2) is 43.0 Å². The number of nitrogens with zero attached hydrogens (tertiary/aromatic N) is 6. The maximum Gasteiger partial charge on any atom is 0.416 e. The molecule has 0 N–H and O–H groups in total. The van der Waals surface area contributed by atoms with Crippen LogP contribution in [0.3, 0.4) is 0 Å². The summed E-state index contributed by atoms with van der Waals surface area (Å²) in [6.07, 6.45) is -3.77. The van der Waals surface area contributed by atoms with Crippen LogP contribution in [-0.2, 0) is 6.18 Å². The van der Waals surface area contributed by atoms with Crippen LogP contribution in [0.4, 0.5) is 22.0 Å². The van der Waals surface area contributed by atoms with Crippen molar-refractivity contribution < 1.29 is 26.7 Å². The monoisotopic (exact) mass is 460 g/mol. The molecule has 31 heavy (non-hydrogen) atoms. The zero-order chi connectivity index (χ0) is 22.8. The number of benzene rings is 1. The quantitative estimate of drug-likeness (QED) is 0.515. The minimum Gasteiger partial charge on any atom is -0.323 e. The van der Waals surface area contributed by atoms with Gasteiger partial charge >= 0.3 is 6.18 Å². The van der Waals surface area contributed by atoms with E-state index in [1.165, 1.54) is 19.3 Å². The molecule has 1 atom stereocenters. The first-order valence-corrected chi connectivity index (χ1v) is 9.10. The molecule has 3 rings (SSSR count). The van der Waals surface area contributed by atoms with Gasteiger partial charge in [0.15, 0.2) is 5.82 Å². The molecule has 2 heterocycles. The van der Waals surface area contributed by atoms with Gasteiger partial charge in [0.1, 0.15) is 6.33 Å². The van der Waals surface area contributed by atoms with Crippen LogP contribution in [0, 0.1) is 0 Å². The Morgan fingerprint density at radius 1 is 1.16 bits per heavy atom. The minimum absolute atomic E-state index is 0.0401. The molecule has 0 aliphatic rings. The predicted molar refractivity (Wildman–Crippen MR) is 98.9 cm³/mol. The number of amides is 1. The first kappa shape index (κ1) is 22.5. The molecular formula is C18H14ClF5N6O. The molecule has 1 amide bonds. The van der Waals surface area contributed by atoms with Gasteiger partial charge in [-0.05, 0) is 31.2 Å². The topological polar surface area (TPSA) is 76.8 Å². The van der Waals surface area contributed by atoms with Gasteiger partial charge in [-0.15, -0.1) is 0 Å². The largest absolute Gasteiger partial charge is 0.416 e. The van der Waals surface area contributed by atoms with Crippen LogP contribution in [-0.4, -0.2) is 48.5 Å². The molecule has 3 aromatic rings. The zero-order valence-corrected chi connectivity index (χ0v) is 16.5. The second-order valence-electron chi connectivity index (χ2n) is 6.33. The molecule has 13 heteroatoms. The van der Waals surface area contributed by atoms with Crippen molar-refractivity contribution in [3.05, 3.63) is 65.0 Å². The number of alkyl halides is 5. The van der Waals surface area contributed by atoms with E-state index >= 15 is 0 Å². The number of carbonyl (C=O) groups excluding carboxylic acids is 1. The molecule has 1 aromatic carbocycles. The van der Waals surface area contributed by atoms with Gasteiger partial charge in [-0.2, -0.15) is 23.0 Å². The lowest BCUT2D eigenvalue weighted by atomic mass is 10.1. The number of rotatable bonds is 6. The molecule has 0 unspecified atom stereocenters. The Bertz CT molecular complexity index is 1060. The molecule has 0 radical (unpaired) electrons. The summed E-state index contributed by atoms with van der Waals surface area (Å²) >= 11 is 5.73. The van der Waals surface area contributed by atoms with Crippen LogP contribution >= 0.6 is 11.6 Å². The fraction of sp³-hybridized carbons (Fsp3) is 0.278. The lowest BCUT2D eigenvalue weighted by molar-refractivity contribution is -0.137. The van der Waals surface area contributed by atoms with E-state index < -0.39 is 42.2 Å². The average molecular weight is 461 g/mol. The molecule has 0 fully saturated rings. The van der Waals surface area contributed by atoms with Crippen molar-refractivity contribution in [2.45, 2.75) is 25.6 Å². The average Bonchev–Trinajstić information content (AvgIpc) is 3.20. The summed E-state index contributed by atoms with van der Waals surface area (Å²) in [5, 5.41) is 3.59. The van der Waals surface area contributed by atoms with Crippen molar-refractivity contribution in [3.8, 4) is 5.95 Å². The Balaban J connectivity index is 2.01. The maximum atomic E-state index is 13.3. The van der Waals surface area contributed by atoms with Gasteiger partial charge in [-0.25, -0.2) is 23.7 Å². The van der Waals surface area contributed by atoms with E-state index in [1.54, 1.807) is 6.07 Å². The zero-order valence-electron chi connectivity index (χ0n) is 15.8. The highest BCUT2D eigenvalue weighted by atomic mass is 35.5. The van der Waals surface area contributed by atoms with Gasteiger partial charge in [-0.1, -0.05) is 11.6 Å². The van der Waals surface area contributed by atoms with E-state index in [4.69, 9.17) is 11.6 Å². The molecule has 0 aliphatic heterocycles. The molecule has 0 saturated heterocycles. The molecular weight excluding hydrogens is 447 g/mol. The lowest BCUT2D eigenvalue weighted by Crippen LogP contribution is -2.38. The standard InChI is InChI=1S/C18H14ClF5N6O/c1-10(15-27-9-28-30(15)17-25-3-2-4-26-17)29(8-14(20)21)16(31)11-5-12(18(22,23)24)7-13(19)6-11/h2-7,9-10,14H,8H2,1H3/t10-/m0/s1. The van der Waals surface area contributed by atoms with Gasteiger partial charge in [0.25, 0.3) is 18.3 Å². The van der Waals surface area contributed by atoms with Gasteiger partial charge in [0, 0.05) is 23.0 Å². The van der Waals surface area contributed by atoms with Gasteiger partial charge in [-0.3, -0.25) is 4.79 Å². The van der Waals surface area contributed by atoms with E-state index in [-0.39, 0.29) is 16.8 Å². The van der Waals surface area contributed by atoms with Gasteiger partial charge < -0.3 is 4.90 Å². The SMILES string of the molecule is C[C@@H](c1ncnn1-c1ncccn1)N(CC(F)F)C(=O)c1cc(Cl)cc(C(F)(F)F)c1. The number of hydrogen-bond donors (Lipinski definition) is 0. The van der Waals surface area contributed by atoms with E-state index in [0.29, 0.717) is 17.0 Å². The molecule has 0 saturated carbocycles. The van der Waals surface area contributed by atoms with E-state index in [1.807, 2.05) is 0 Å². The predicted octanol–water partition coefficient (Wildman–Crippen LogP) is 4.20. The van der Waals surface area contributed by atoms with Gasteiger partial charge in [0.2, 0.25) is 0 Å². The highest BCUT2D eigenvalue weighted by Crippen LogP contribution is 2.33. The summed E-state index contributed by atoms with van der Waals surface area (Å²) in [5.41, 5.74) is -1.66. The highest BCUT2D eigenvalue weighted by molar-refractivity contribution is 6.31. The third-order valence-corrected chi connectivity index (χ3v) is 4.44. The second kappa shape index (κ2) is 8.92. The number of aromatic nitrogens is 5. The van der Waals surface area contributed by atoms with Crippen molar-refractivity contribution in [1.29, 1.82) is 0 Å². The number of halogens is 6. The van der Waals surface area contributed by atoms with Crippen molar-refractivity contribution in [1.82, 2.24) is 29.6 Å². The van der Waals surface area contributed by atoms with Crippen molar-refractivity contribution in [2.75, 3.05) is 6.54 Å². The van der Waals surface area contributed by atoms with Crippen molar-refractivity contribution >= 4 is 17.5 Å². The fourth-order valence-corrected chi connectivity index (χ4v) is 3.07. The molecule has 0 bridgehead atoms. The smallest absolute Gasteiger partial charge is 0.323 e. The second-order valence-corrected chi connectivity index (χ2v) is 6.77. The first-order chi connectivity index (χ1) is 14.6. The summed E-state index contributed by atoms with van der Waals surface area (Å²) in [4.78, 5) is 25.7. The highest BCUT2D eigenvalue weighted by Gasteiger charge is 2.34. The molecule has 7 nitrogen and oxygen atoms in total. The number of hydrogen-bond acceptors (Lipinski definition) is 5. The van der Waals surface area contributed by atoms with E-state index in [0.717, 1.165) is 17.1 Å². The Labute approximate surface area is 177 Å². The van der Waals surface area contributed by atoms with Crippen molar-refractivity contribution in [2.24, 2.45) is 0 Å². The Morgan fingerprint density at radius 3 is 2.45 bits per heavy atom. The summed E-state index contributed by atoms with van der Waals surface area (Å²) in [6.45, 7) is 0.329. The van der Waals surface area contributed by atoms with E-state index in [2.05, 4.69) is 20.1 Å². The van der Waals surface area contributed by atoms with Crippen LogP contribution in [0.2, 0.25) is 5.02 Å². The lowest BCUT2D eigenvalue weighted by Gasteiger charge is -2.28. The minimum atomic E-state index is -4.77. The van der Waals surface area contributed by atoms with Gasteiger partial charge in [0.05, 0.1) is 18.2 Å². The Kier molecular flexibility index (Phi) is 6.48. The van der Waals surface area contributed by atoms with E-state index in [9.17, 15) is 26.7 Å². The molecule has 0 aliphatic carbocycles. The maximum absolute atomic E-state index is 13.3. The molecule has 164 valence electrons. The van der Waals surface area contributed by atoms with Crippen LogP contribution in [0.1, 0.15) is 34.7 Å². The Hall–Kier alpha value is -3.15. The summed E-state index contributed by atoms with van der Waals surface area (Å²) in [5.74, 6) is -0.962. The number of carbonyl (C=O) groups is 1. The third kappa shape index (κ3) is 5.13. The fourth-order valence-electron chi connectivity index (χ4n) is 2.84.